The van der Waals surface area contributed by atoms with Crippen molar-refractivity contribution in [3.05, 3.63) is 28.7 Å². The summed E-state index contributed by atoms with van der Waals surface area (Å²) in [6.45, 7) is 10.2. The maximum absolute atomic E-state index is 12.1. The molecule has 0 saturated carbocycles. The molecule has 1 amide bonds. The van der Waals surface area contributed by atoms with E-state index < -0.39 is 0 Å². The zero-order valence-electron chi connectivity index (χ0n) is 14.6. The molecule has 1 aliphatic rings. The van der Waals surface area contributed by atoms with Gasteiger partial charge in [-0.3, -0.25) is 9.69 Å². The first kappa shape index (κ1) is 16.6. The molecule has 2 aromatic heterocycles. The Balaban J connectivity index is 1.65. The molecule has 3 heterocycles. The van der Waals surface area contributed by atoms with Gasteiger partial charge in [-0.15, -0.1) is 0 Å². The fourth-order valence-electron chi connectivity index (χ4n) is 3.22. The van der Waals surface area contributed by atoms with E-state index in [-0.39, 0.29) is 11.9 Å². The third kappa shape index (κ3) is 3.48. The molecular formula is C16H23N5O3. The minimum Gasteiger partial charge on any atom is -0.361 e. The number of aromatic nitrogens is 3. The minimum atomic E-state index is 0.0293. The molecule has 0 aromatic carbocycles. The molecule has 1 aliphatic heterocycles. The summed E-state index contributed by atoms with van der Waals surface area (Å²) in [6.07, 6.45) is 0.930. The number of aryl methyl sites for hydroxylation is 3. The molecule has 2 aromatic rings. The number of rotatable bonds is 5. The maximum atomic E-state index is 12.1. The zero-order valence-corrected chi connectivity index (χ0v) is 14.6. The summed E-state index contributed by atoms with van der Waals surface area (Å²) in [4.78, 5) is 20.4. The van der Waals surface area contributed by atoms with Gasteiger partial charge in [-0.1, -0.05) is 10.3 Å². The largest absolute Gasteiger partial charge is 0.361 e. The molecule has 0 spiro atoms. The first-order chi connectivity index (χ1) is 11.4. The van der Waals surface area contributed by atoms with E-state index in [1.54, 1.807) is 13.8 Å². The standard InChI is InChI=1S/C16H23N5O3/c1-10-15(11(2)23-18-10)8-20-6-5-14(7-20)21(13(4)22)9-16-17-12(3)24-19-16/h14H,5-9H2,1-4H3/t14-/m1/s1. The molecule has 8 heteroatoms. The van der Waals surface area contributed by atoms with Crippen LogP contribution in [-0.2, 0) is 17.9 Å². The number of amides is 1. The van der Waals surface area contributed by atoms with Gasteiger partial charge in [0.2, 0.25) is 11.8 Å². The van der Waals surface area contributed by atoms with E-state index in [1.165, 1.54) is 0 Å². The van der Waals surface area contributed by atoms with Crippen LogP contribution in [0.4, 0.5) is 0 Å². The normalized spacial score (nSPS) is 18.2. The highest BCUT2D eigenvalue weighted by molar-refractivity contribution is 5.73. The Bertz CT molecular complexity index is 704. The number of nitrogens with zero attached hydrogens (tertiary/aromatic N) is 5. The van der Waals surface area contributed by atoms with Gasteiger partial charge in [0.05, 0.1) is 12.2 Å². The van der Waals surface area contributed by atoms with Gasteiger partial charge >= 0.3 is 0 Å². The smallest absolute Gasteiger partial charge is 0.223 e. The Morgan fingerprint density at radius 3 is 2.67 bits per heavy atom. The lowest BCUT2D eigenvalue weighted by atomic mass is 10.2. The molecule has 8 nitrogen and oxygen atoms in total. The summed E-state index contributed by atoms with van der Waals surface area (Å²) in [7, 11) is 0. The molecule has 0 unspecified atom stereocenters. The second-order valence-corrected chi connectivity index (χ2v) is 6.36. The first-order valence-electron chi connectivity index (χ1n) is 8.14. The van der Waals surface area contributed by atoms with E-state index >= 15 is 0 Å². The third-order valence-electron chi connectivity index (χ3n) is 4.54. The summed E-state index contributed by atoms with van der Waals surface area (Å²) in [5.74, 6) is 1.95. The highest BCUT2D eigenvalue weighted by Gasteiger charge is 2.31. The molecule has 0 radical (unpaired) electrons. The SMILES string of the molecule is CC(=O)N(Cc1noc(C)n1)[C@@H]1CCN(Cc2c(C)noc2C)C1. The van der Waals surface area contributed by atoms with E-state index in [9.17, 15) is 4.79 Å². The van der Waals surface area contributed by atoms with Crippen molar-refractivity contribution in [3.63, 3.8) is 0 Å². The van der Waals surface area contributed by atoms with Gasteiger partial charge in [0.1, 0.15) is 5.76 Å². The third-order valence-corrected chi connectivity index (χ3v) is 4.54. The molecule has 1 atom stereocenters. The second-order valence-electron chi connectivity index (χ2n) is 6.36. The Morgan fingerprint density at radius 2 is 2.08 bits per heavy atom. The van der Waals surface area contributed by atoms with Crippen molar-refractivity contribution in [2.45, 2.75) is 53.2 Å². The number of carbonyl (C=O) groups is 1. The predicted molar refractivity (Wildman–Crippen MR) is 84.9 cm³/mol. The Labute approximate surface area is 140 Å². The van der Waals surface area contributed by atoms with Crippen molar-refractivity contribution >= 4 is 5.91 Å². The minimum absolute atomic E-state index is 0.0293. The Hall–Kier alpha value is -2.22. The van der Waals surface area contributed by atoms with E-state index in [0.29, 0.717) is 18.3 Å². The van der Waals surface area contributed by atoms with E-state index in [0.717, 1.165) is 43.1 Å². The van der Waals surface area contributed by atoms with Crippen LogP contribution in [0.15, 0.2) is 9.05 Å². The van der Waals surface area contributed by atoms with Crippen molar-refractivity contribution in [2.24, 2.45) is 0 Å². The molecular weight excluding hydrogens is 310 g/mol. The monoisotopic (exact) mass is 333 g/mol. The number of carbonyl (C=O) groups excluding carboxylic acids is 1. The molecule has 1 fully saturated rings. The molecule has 0 bridgehead atoms. The lowest BCUT2D eigenvalue weighted by Gasteiger charge is -2.27. The van der Waals surface area contributed by atoms with Crippen LogP contribution in [-0.4, -0.2) is 50.1 Å². The Kier molecular flexibility index (Phi) is 4.66. The quantitative estimate of drug-likeness (QED) is 0.821. The zero-order chi connectivity index (χ0) is 17.3. The van der Waals surface area contributed by atoms with Gasteiger partial charge in [-0.25, -0.2) is 0 Å². The molecule has 0 aliphatic carbocycles. The van der Waals surface area contributed by atoms with Crippen LogP contribution in [0.2, 0.25) is 0 Å². The molecule has 0 N–H and O–H groups in total. The highest BCUT2D eigenvalue weighted by Crippen LogP contribution is 2.22. The molecule has 1 saturated heterocycles. The maximum Gasteiger partial charge on any atom is 0.223 e. The lowest BCUT2D eigenvalue weighted by Crippen LogP contribution is -2.40. The van der Waals surface area contributed by atoms with Crippen LogP contribution in [0, 0.1) is 20.8 Å². The van der Waals surface area contributed by atoms with Gasteiger partial charge in [0, 0.05) is 45.1 Å². The molecule has 3 rings (SSSR count). The summed E-state index contributed by atoms with van der Waals surface area (Å²) >= 11 is 0. The van der Waals surface area contributed by atoms with Gasteiger partial charge in [-0.05, 0) is 20.3 Å². The number of likely N-dealkylation sites (tertiary alicyclic amines) is 1. The number of hydrogen-bond donors (Lipinski definition) is 0. The van der Waals surface area contributed by atoms with Crippen LogP contribution < -0.4 is 0 Å². The Morgan fingerprint density at radius 1 is 1.29 bits per heavy atom. The van der Waals surface area contributed by atoms with Crippen LogP contribution in [0.1, 0.15) is 42.1 Å². The van der Waals surface area contributed by atoms with E-state index in [1.807, 2.05) is 18.7 Å². The second kappa shape index (κ2) is 6.72. The van der Waals surface area contributed by atoms with Gasteiger partial charge in [-0.2, -0.15) is 4.98 Å². The summed E-state index contributed by atoms with van der Waals surface area (Å²) in [6, 6.07) is 0.154. The fraction of sp³-hybridized carbons (Fsp3) is 0.625. The van der Waals surface area contributed by atoms with Crippen molar-refractivity contribution in [2.75, 3.05) is 13.1 Å². The van der Waals surface area contributed by atoms with Gasteiger partial charge < -0.3 is 13.9 Å². The topological polar surface area (TPSA) is 88.5 Å². The molecule has 130 valence electrons. The van der Waals surface area contributed by atoms with Crippen molar-refractivity contribution in [1.82, 2.24) is 25.1 Å². The van der Waals surface area contributed by atoms with Gasteiger partial charge in [0.25, 0.3) is 0 Å². The predicted octanol–water partition coefficient (Wildman–Crippen LogP) is 1.61. The average Bonchev–Trinajstić information content (AvgIpc) is 3.22. The lowest BCUT2D eigenvalue weighted by molar-refractivity contribution is -0.131. The van der Waals surface area contributed by atoms with Crippen LogP contribution in [0.5, 0.6) is 0 Å². The van der Waals surface area contributed by atoms with E-state index in [4.69, 9.17) is 9.05 Å². The van der Waals surface area contributed by atoms with Crippen LogP contribution in [0.3, 0.4) is 0 Å². The molecule has 24 heavy (non-hydrogen) atoms. The fourth-order valence-corrected chi connectivity index (χ4v) is 3.22. The first-order valence-corrected chi connectivity index (χ1v) is 8.14. The highest BCUT2D eigenvalue weighted by atomic mass is 16.5. The van der Waals surface area contributed by atoms with Crippen LogP contribution >= 0.6 is 0 Å². The van der Waals surface area contributed by atoms with E-state index in [2.05, 4.69) is 20.2 Å². The van der Waals surface area contributed by atoms with Gasteiger partial charge in [0.15, 0.2) is 5.82 Å². The van der Waals surface area contributed by atoms with Crippen molar-refractivity contribution < 1.29 is 13.8 Å². The summed E-state index contributed by atoms with van der Waals surface area (Å²) in [5.41, 5.74) is 2.07. The number of hydrogen-bond acceptors (Lipinski definition) is 7. The average molecular weight is 333 g/mol. The van der Waals surface area contributed by atoms with Crippen LogP contribution in [0.25, 0.3) is 0 Å². The summed E-state index contributed by atoms with van der Waals surface area (Å²) < 4.78 is 10.2. The van der Waals surface area contributed by atoms with Crippen molar-refractivity contribution in [1.29, 1.82) is 0 Å². The van der Waals surface area contributed by atoms with Crippen molar-refractivity contribution in [3.8, 4) is 0 Å². The summed E-state index contributed by atoms with van der Waals surface area (Å²) in [5, 5.41) is 7.90.